The van der Waals surface area contributed by atoms with Gasteiger partial charge in [0, 0.05) is 12.6 Å². The predicted molar refractivity (Wildman–Crippen MR) is 74.8 cm³/mol. The van der Waals surface area contributed by atoms with Gasteiger partial charge >= 0.3 is 6.18 Å². The summed E-state index contributed by atoms with van der Waals surface area (Å²) in [7, 11) is 1.58. The number of nitrogens with zero attached hydrogens (tertiary/aromatic N) is 2. The summed E-state index contributed by atoms with van der Waals surface area (Å²) in [6, 6.07) is 0. The standard InChI is InChI=1S/C14H25F3N2O/c1-6-7-8-9-10-11(12(20)14(15,16)17)18-19(5)13(2,3)4/h6-10H2,1-5H3/b18-11-. The first kappa shape index (κ1) is 18.9. The van der Waals surface area contributed by atoms with Crippen LogP contribution in [0.2, 0.25) is 0 Å². The van der Waals surface area contributed by atoms with Crippen molar-refractivity contribution < 1.29 is 18.0 Å². The maximum absolute atomic E-state index is 12.6. The van der Waals surface area contributed by atoms with Gasteiger partial charge in [0.2, 0.25) is 0 Å². The molecule has 0 unspecified atom stereocenters. The van der Waals surface area contributed by atoms with Gasteiger partial charge < -0.3 is 0 Å². The lowest BCUT2D eigenvalue weighted by Crippen LogP contribution is -2.38. The lowest BCUT2D eigenvalue weighted by molar-refractivity contribution is -0.163. The minimum atomic E-state index is -4.86. The zero-order valence-electron chi connectivity index (χ0n) is 13.0. The van der Waals surface area contributed by atoms with E-state index in [1.54, 1.807) is 7.05 Å². The first-order chi connectivity index (χ1) is 9.00. The van der Waals surface area contributed by atoms with E-state index in [0.717, 1.165) is 19.3 Å². The molecule has 0 aromatic rings. The maximum atomic E-state index is 12.6. The van der Waals surface area contributed by atoms with Crippen molar-refractivity contribution in [1.82, 2.24) is 5.01 Å². The summed E-state index contributed by atoms with van der Waals surface area (Å²) < 4.78 is 37.7. The SMILES string of the molecule is CCCCCC/C(=N/N(C)C(C)(C)C)C(=O)C(F)(F)F. The number of hydrogen-bond acceptors (Lipinski definition) is 3. The number of unbranched alkanes of at least 4 members (excludes halogenated alkanes) is 3. The minimum Gasteiger partial charge on any atom is -0.294 e. The molecule has 0 radical (unpaired) electrons. The van der Waals surface area contributed by atoms with E-state index in [1.807, 2.05) is 27.7 Å². The molecular weight excluding hydrogens is 269 g/mol. The van der Waals surface area contributed by atoms with Crippen molar-refractivity contribution >= 4 is 11.5 Å². The van der Waals surface area contributed by atoms with Crippen LogP contribution in [-0.4, -0.2) is 35.3 Å². The number of rotatable bonds is 7. The van der Waals surface area contributed by atoms with Crippen LogP contribution in [-0.2, 0) is 4.79 Å². The smallest absolute Gasteiger partial charge is 0.294 e. The third-order valence-electron chi connectivity index (χ3n) is 3.03. The zero-order chi connectivity index (χ0) is 16.0. The Morgan fingerprint density at radius 3 is 2.05 bits per heavy atom. The molecule has 0 aromatic heterocycles. The first-order valence-corrected chi connectivity index (χ1v) is 6.93. The topological polar surface area (TPSA) is 32.7 Å². The Morgan fingerprint density at radius 1 is 1.10 bits per heavy atom. The van der Waals surface area contributed by atoms with Crippen LogP contribution in [0, 0.1) is 0 Å². The highest BCUT2D eigenvalue weighted by atomic mass is 19.4. The molecule has 6 heteroatoms. The molecule has 0 aliphatic rings. The monoisotopic (exact) mass is 294 g/mol. The summed E-state index contributed by atoms with van der Waals surface area (Å²) >= 11 is 0. The van der Waals surface area contributed by atoms with Gasteiger partial charge in [-0.2, -0.15) is 18.3 Å². The van der Waals surface area contributed by atoms with E-state index < -0.39 is 23.2 Å². The van der Waals surface area contributed by atoms with Gasteiger partial charge in [-0.1, -0.05) is 26.2 Å². The fraction of sp³-hybridized carbons (Fsp3) is 0.857. The average Bonchev–Trinajstić information content (AvgIpc) is 2.29. The molecule has 0 aliphatic heterocycles. The largest absolute Gasteiger partial charge is 0.456 e. The van der Waals surface area contributed by atoms with E-state index in [0.29, 0.717) is 6.42 Å². The van der Waals surface area contributed by atoms with E-state index in [-0.39, 0.29) is 6.42 Å². The fourth-order valence-corrected chi connectivity index (χ4v) is 1.42. The second-order valence-electron chi connectivity index (χ2n) is 5.88. The Hall–Kier alpha value is -1.07. The lowest BCUT2D eigenvalue weighted by Gasteiger charge is -2.30. The van der Waals surface area contributed by atoms with Crippen molar-refractivity contribution in [1.29, 1.82) is 0 Å². The number of ketones is 1. The van der Waals surface area contributed by atoms with Gasteiger partial charge in [-0.05, 0) is 33.6 Å². The molecule has 0 rings (SSSR count). The summed E-state index contributed by atoms with van der Waals surface area (Å²) in [6.45, 7) is 7.49. The van der Waals surface area contributed by atoms with Crippen LogP contribution in [0.1, 0.15) is 59.8 Å². The van der Waals surface area contributed by atoms with Crippen LogP contribution in [0.15, 0.2) is 5.10 Å². The molecule has 0 amide bonds. The van der Waals surface area contributed by atoms with Gasteiger partial charge in [0.15, 0.2) is 0 Å². The Balaban J connectivity index is 4.97. The van der Waals surface area contributed by atoms with Gasteiger partial charge in [-0.15, -0.1) is 0 Å². The number of halogens is 3. The van der Waals surface area contributed by atoms with E-state index in [2.05, 4.69) is 5.10 Å². The third kappa shape index (κ3) is 6.91. The molecule has 0 atom stereocenters. The molecule has 0 aromatic carbocycles. The molecule has 0 saturated carbocycles. The predicted octanol–water partition coefficient (Wildman–Crippen LogP) is 4.17. The van der Waals surface area contributed by atoms with Gasteiger partial charge in [-0.25, -0.2) is 0 Å². The quantitative estimate of drug-likeness (QED) is 0.401. The number of hydrazone groups is 1. The summed E-state index contributed by atoms with van der Waals surface area (Å²) in [5.74, 6) is -1.83. The van der Waals surface area contributed by atoms with Crippen molar-refractivity contribution in [2.45, 2.75) is 71.5 Å². The Kier molecular flexibility index (Phi) is 7.23. The van der Waals surface area contributed by atoms with Crippen molar-refractivity contribution in [3.63, 3.8) is 0 Å². The van der Waals surface area contributed by atoms with Crippen molar-refractivity contribution in [3.8, 4) is 0 Å². The number of carbonyl (C=O) groups is 1. The summed E-state index contributed by atoms with van der Waals surface area (Å²) in [6.07, 6.45) is -1.50. The van der Waals surface area contributed by atoms with Crippen molar-refractivity contribution in [2.24, 2.45) is 5.10 Å². The van der Waals surface area contributed by atoms with E-state index in [1.165, 1.54) is 5.01 Å². The van der Waals surface area contributed by atoms with Crippen LogP contribution < -0.4 is 0 Å². The molecular formula is C14H25F3N2O. The highest BCUT2D eigenvalue weighted by Crippen LogP contribution is 2.20. The molecule has 118 valence electrons. The molecule has 0 N–H and O–H groups in total. The zero-order valence-corrected chi connectivity index (χ0v) is 13.0. The number of carbonyl (C=O) groups excluding carboxylic acids is 1. The fourth-order valence-electron chi connectivity index (χ4n) is 1.42. The normalized spacial score (nSPS) is 13.5. The van der Waals surface area contributed by atoms with Gasteiger partial charge in [0.1, 0.15) is 5.71 Å². The van der Waals surface area contributed by atoms with Crippen LogP contribution in [0.5, 0.6) is 0 Å². The molecule has 0 spiro atoms. The summed E-state index contributed by atoms with van der Waals surface area (Å²) in [5.41, 5.74) is -0.827. The highest BCUT2D eigenvalue weighted by molar-refractivity contribution is 6.41. The minimum absolute atomic E-state index is 0.0682. The average molecular weight is 294 g/mol. The molecule has 0 fully saturated rings. The van der Waals surface area contributed by atoms with Crippen LogP contribution in [0.25, 0.3) is 0 Å². The van der Waals surface area contributed by atoms with Crippen LogP contribution in [0.4, 0.5) is 13.2 Å². The Bertz CT molecular complexity index is 343. The van der Waals surface area contributed by atoms with Gasteiger partial charge in [0.25, 0.3) is 5.78 Å². The molecule has 0 aliphatic carbocycles. The van der Waals surface area contributed by atoms with E-state index in [9.17, 15) is 18.0 Å². The molecule has 20 heavy (non-hydrogen) atoms. The van der Waals surface area contributed by atoms with E-state index in [4.69, 9.17) is 0 Å². The van der Waals surface area contributed by atoms with Crippen LogP contribution in [0.3, 0.4) is 0 Å². The Morgan fingerprint density at radius 2 is 1.65 bits per heavy atom. The summed E-state index contributed by atoms with van der Waals surface area (Å²) in [4.78, 5) is 11.4. The van der Waals surface area contributed by atoms with Gasteiger partial charge in [0.05, 0.1) is 0 Å². The maximum Gasteiger partial charge on any atom is 0.456 e. The number of hydrogen-bond donors (Lipinski definition) is 0. The number of alkyl halides is 3. The second-order valence-corrected chi connectivity index (χ2v) is 5.88. The van der Waals surface area contributed by atoms with Crippen molar-refractivity contribution in [2.75, 3.05) is 7.05 Å². The summed E-state index contributed by atoms with van der Waals surface area (Å²) in [5, 5.41) is 5.30. The molecule has 3 nitrogen and oxygen atoms in total. The first-order valence-electron chi connectivity index (χ1n) is 6.93. The second kappa shape index (κ2) is 7.64. The number of Topliss-reactive ketones (excluding diaryl/α,β-unsaturated/α-hetero) is 1. The molecule has 0 saturated heterocycles. The van der Waals surface area contributed by atoms with Crippen molar-refractivity contribution in [3.05, 3.63) is 0 Å². The third-order valence-corrected chi connectivity index (χ3v) is 3.03. The molecule has 0 bridgehead atoms. The Labute approximate surface area is 119 Å². The lowest BCUT2D eigenvalue weighted by atomic mass is 10.1. The van der Waals surface area contributed by atoms with Crippen LogP contribution >= 0.6 is 0 Å². The highest BCUT2D eigenvalue weighted by Gasteiger charge is 2.41. The van der Waals surface area contributed by atoms with Gasteiger partial charge in [-0.3, -0.25) is 9.80 Å². The van der Waals surface area contributed by atoms with E-state index >= 15 is 0 Å². The molecule has 0 heterocycles.